The molecule has 0 spiro atoms. The number of nitrogens with zero attached hydrogens (tertiary/aromatic N) is 3. The summed E-state index contributed by atoms with van der Waals surface area (Å²) in [5.41, 5.74) is 0.547. The van der Waals surface area contributed by atoms with E-state index in [0.717, 1.165) is 11.6 Å². The van der Waals surface area contributed by atoms with Gasteiger partial charge in [0.15, 0.2) is 11.6 Å². The third-order valence-corrected chi connectivity index (χ3v) is 2.63. The lowest BCUT2D eigenvalue weighted by molar-refractivity contribution is 0.0692. The molecular weight excluding hydrogens is 249 g/mol. The highest BCUT2D eigenvalue weighted by Crippen LogP contribution is 2.19. The van der Waals surface area contributed by atoms with E-state index in [1.165, 1.54) is 6.20 Å². The van der Waals surface area contributed by atoms with Crippen LogP contribution in [0, 0.1) is 5.82 Å². The summed E-state index contributed by atoms with van der Waals surface area (Å²) in [6, 6.07) is 4.74. The Kier molecular flexibility index (Phi) is 3.70. The second-order valence-electron chi connectivity index (χ2n) is 4.01. The Balaban J connectivity index is 2.27. The van der Waals surface area contributed by atoms with E-state index in [0.29, 0.717) is 6.54 Å². The molecule has 0 bridgehead atoms. The maximum Gasteiger partial charge on any atom is 0.338 e. The van der Waals surface area contributed by atoms with Crippen LogP contribution in [0.1, 0.15) is 15.9 Å². The van der Waals surface area contributed by atoms with Crippen LogP contribution in [0.5, 0.6) is 0 Å². The summed E-state index contributed by atoms with van der Waals surface area (Å²) >= 11 is 0. The molecule has 6 heteroatoms. The van der Waals surface area contributed by atoms with Gasteiger partial charge in [0.1, 0.15) is 5.56 Å². The van der Waals surface area contributed by atoms with Crippen molar-refractivity contribution >= 4 is 11.8 Å². The molecule has 1 N–H and O–H groups in total. The molecule has 0 unspecified atom stereocenters. The van der Waals surface area contributed by atoms with E-state index in [1.54, 1.807) is 36.5 Å². The van der Waals surface area contributed by atoms with Gasteiger partial charge < -0.3 is 10.0 Å². The Hall–Kier alpha value is -2.50. The van der Waals surface area contributed by atoms with Crippen LogP contribution < -0.4 is 4.90 Å². The molecule has 98 valence electrons. The Morgan fingerprint density at radius 1 is 1.32 bits per heavy atom. The number of hydrogen-bond acceptors (Lipinski definition) is 4. The van der Waals surface area contributed by atoms with Gasteiger partial charge in [0.05, 0.1) is 0 Å². The maximum absolute atomic E-state index is 14.0. The van der Waals surface area contributed by atoms with Crippen molar-refractivity contribution in [2.75, 3.05) is 11.9 Å². The van der Waals surface area contributed by atoms with Crippen molar-refractivity contribution < 1.29 is 14.3 Å². The third kappa shape index (κ3) is 2.85. The number of pyridine rings is 2. The molecule has 0 atom stereocenters. The maximum atomic E-state index is 14.0. The highest BCUT2D eigenvalue weighted by atomic mass is 19.1. The number of hydrogen-bond donors (Lipinski definition) is 1. The molecule has 2 rings (SSSR count). The Morgan fingerprint density at radius 2 is 2.00 bits per heavy atom. The smallest absolute Gasteiger partial charge is 0.338 e. The first kappa shape index (κ1) is 12.9. The second kappa shape index (κ2) is 5.43. The van der Waals surface area contributed by atoms with Crippen LogP contribution in [-0.4, -0.2) is 28.1 Å². The fourth-order valence-electron chi connectivity index (χ4n) is 1.70. The number of aromatic nitrogens is 2. The number of rotatable bonds is 4. The van der Waals surface area contributed by atoms with E-state index in [1.807, 2.05) is 0 Å². The van der Waals surface area contributed by atoms with Crippen molar-refractivity contribution in [3.05, 3.63) is 53.7 Å². The minimum absolute atomic E-state index is 0.0108. The van der Waals surface area contributed by atoms with Gasteiger partial charge >= 0.3 is 5.97 Å². The second-order valence-corrected chi connectivity index (χ2v) is 4.01. The van der Waals surface area contributed by atoms with E-state index < -0.39 is 11.8 Å². The predicted molar refractivity (Wildman–Crippen MR) is 67.5 cm³/mol. The van der Waals surface area contributed by atoms with Crippen LogP contribution >= 0.6 is 0 Å². The lowest BCUT2D eigenvalue weighted by atomic mass is 10.2. The highest BCUT2D eigenvalue weighted by Gasteiger charge is 2.17. The fourth-order valence-corrected chi connectivity index (χ4v) is 1.70. The van der Waals surface area contributed by atoms with Gasteiger partial charge in [-0.15, -0.1) is 0 Å². The SMILES string of the molecule is CN(Cc1ccncc1)c1nccc(C(=O)O)c1F. The number of carboxylic acid groups (broad SMARTS) is 1. The van der Waals surface area contributed by atoms with Crippen molar-refractivity contribution in [2.24, 2.45) is 0 Å². The van der Waals surface area contributed by atoms with Gasteiger partial charge in [-0.3, -0.25) is 4.98 Å². The van der Waals surface area contributed by atoms with E-state index in [2.05, 4.69) is 9.97 Å². The van der Waals surface area contributed by atoms with Gasteiger partial charge in [0.2, 0.25) is 0 Å². The van der Waals surface area contributed by atoms with Crippen molar-refractivity contribution in [2.45, 2.75) is 6.54 Å². The minimum atomic E-state index is -1.31. The number of halogens is 1. The molecule has 2 heterocycles. The highest BCUT2D eigenvalue weighted by molar-refractivity contribution is 5.88. The molecule has 0 saturated heterocycles. The molecule has 2 aromatic rings. The molecule has 5 nitrogen and oxygen atoms in total. The van der Waals surface area contributed by atoms with Gasteiger partial charge in [-0.25, -0.2) is 14.2 Å². The van der Waals surface area contributed by atoms with Crippen LogP contribution in [0.3, 0.4) is 0 Å². The van der Waals surface area contributed by atoms with Crippen molar-refractivity contribution in [1.82, 2.24) is 9.97 Å². The van der Waals surface area contributed by atoms with E-state index >= 15 is 0 Å². The zero-order valence-corrected chi connectivity index (χ0v) is 10.2. The molecule has 0 amide bonds. The molecule has 0 radical (unpaired) electrons. The van der Waals surface area contributed by atoms with Crippen molar-refractivity contribution in [3.63, 3.8) is 0 Å². The lowest BCUT2D eigenvalue weighted by Crippen LogP contribution is -2.20. The lowest BCUT2D eigenvalue weighted by Gasteiger charge is -2.19. The van der Waals surface area contributed by atoms with Gasteiger partial charge in [-0.2, -0.15) is 0 Å². The molecule has 0 aromatic carbocycles. The van der Waals surface area contributed by atoms with Crippen LogP contribution in [0.15, 0.2) is 36.8 Å². The third-order valence-electron chi connectivity index (χ3n) is 2.63. The van der Waals surface area contributed by atoms with E-state index in [-0.39, 0.29) is 11.4 Å². The summed E-state index contributed by atoms with van der Waals surface area (Å²) in [5, 5.41) is 8.87. The summed E-state index contributed by atoms with van der Waals surface area (Å²) in [4.78, 5) is 20.2. The first-order valence-electron chi connectivity index (χ1n) is 5.57. The van der Waals surface area contributed by atoms with Crippen LogP contribution in [0.2, 0.25) is 0 Å². The number of anilines is 1. The number of carboxylic acids is 1. The quantitative estimate of drug-likeness (QED) is 0.911. The van der Waals surface area contributed by atoms with Crippen LogP contribution in [-0.2, 0) is 6.54 Å². The first-order chi connectivity index (χ1) is 9.09. The average Bonchev–Trinajstić information content (AvgIpc) is 2.39. The zero-order chi connectivity index (χ0) is 13.8. The minimum Gasteiger partial charge on any atom is -0.478 e. The summed E-state index contributed by atoms with van der Waals surface area (Å²) in [7, 11) is 1.65. The zero-order valence-electron chi connectivity index (χ0n) is 10.2. The normalized spacial score (nSPS) is 10.2. The molecular formula is C13H12FN3O2. The molecule has 0 aliphatic heterocycles. The number of carbonyl (C=O) groups is 1. The Morgan fingerprint density at radius 3 is 2.63 bits per heavy atom. The van der Waals surface area contributed by atoms with Crippen LogP contribution in [0.25, 0.3) is 0 Å². The fraction of sp³-hybridized carbons (Fsp3) is 0.154. The monoisotopic (exact) mass is 261 g/mol. The first-order valence-corrected chi connectivity index (χ1v) is 5.57. The summed E-state index contributed by atoms with van der Waals surface area (Å²) in [6.45, 7) is 0.412. The molecule has 0 aliphatic carbocycles. The van der Waals surface area contributed by atoms with Crippen LogP contribution in [0.4, 0.5) is 10.2 Å². The van der Waals surface area contributed by atoms with Gasteiger partial charge in [-0.05, 0) is 23.8 Å². The number of aromatic carboxylic acids is 1. The van der Waals surface area contributed by atoms with Crippen molar-refractivity contribution in [3.8, 4) is 0 Å². The summed E-state index contributed by atoms with van der Waals surface area (Å²) in [5.74, 6) is -2.12. The van der Waals surface area contributed by atoms with E-state index in [9.17, 15) is 9.18 Å². The predicted octanol–water partition coefficient (Wildman–Crippen LogP) is 1.95. The molecule has 19 heavy (non-hydrogen) atoms. The molecule has 0 fully saturated rings. The van der Waals surface area contributed by atoms with Gasteiger partial charge in [-0.1, -0.05) is 0 Å². The molecule has 0 saturated carbocycles. The average molecular weight is 261 g/mol. The summed E-state index contributed by atoms with van der Waals surface area (Å²) in [6.07, 6.45) is 4.56. The largest absolute Gasteiger partial charge is 0.478 e. The Labute approximate surface area is 109 Å². The molecule has 0 aliphatic rings. The summed E-state index contributed by atoms with van der Waals surface area (Å²) < 4.78 is 14.0. The topological polar surface area (TPSA) is 66.3 Å². The van der Waals surface area contributed by atoms with Gasteiger partial charge in [0.25, 0.3) is 0 Å². The molecule has 2 aromatic heterocycles. The van der Waals surface area contributed by atoms with Gasteiger partial charge in [0, 0.05) is 32.2 Å². The van der Waals surface area contributed by atoms with E-state index in [4.69, 9.17) is 5.11 Å². The Bertz CT molecular complexity index is 590. The standard InChI is InChI=1S/C13H12FN3O2/c1-17(8-9-2-5-15-6-3-9)12-11(14)10(13(18)19)4-7-16-12/h2-7H,8H2,1H3,(H,18,19). The van der Waals surface area contributed by atoms with Crippen molar-refractivity contribution in [1.29, 1.82) is 0 Å².